The van der Waals surface area contributed by atoms with E-state index in [1.54, 1.807) is 24.3 Å². The third-order valence-corrected chi connectivity index (χ3v) is 3.35. The van der Waals surface area contributed by atoms with E-state index < -0.39 is 17.1 Å². The highest BCUT2D eigenvalue weighted by Crippen LogP contribution is 2.23. The van der Waals surface area contributed by atoms with Gasteiger partial charge in [0.25, 0.3) is 0 Å². The zero-order chi connectivity index (χ0) is 18.2. The highest BCUT2D eigenvalue weighted by molar-refractivity contribution is 6.00. The largest absolute Gasteiger partial charge is 0.444 e. The van der Waals surface area contributed by atoms with Gasteiger partial charge in [-0.25, -0.2) is 9.63 Å². The second-order valence-corrected chi connectivity index (χ2v) is 4.98. The van der Waals surface area contributed by atoms with Crippen molar-refractivity contribution in [1.82, 2.24) is 0 Å². The molecular weight excluding hydrogens is 328 g/mol. The number of amides is 1. The minimum Gasteiger partial charge on any atom is -0.444 e. The van der Waals surface area contributed by atoms with Crippen LogP contribution in [0.25, 0.3) is 0 Å². The fraction of sp³-hybridized carbons (Fsp3) is 0.176. The molecule has 0 unspecified atom stereocenters. The lowest BCUT2D eigenvalue weighted by Gasteiger charge is -2.14. The standard InChI is InChI=1S/C17H16N2O6/c1-2-13-9-6-10-14(16(20)25-19(22)23)15(13)18-17(21)24-11-12-7-4-3-5-8-12/h3-10H,2,11H2,1H3,(H,18,21). The van der Waals surface area contributed by atoms with Crippen LogP contribution >= 0.6 is 0 Å². The van der Waals surface area contributed by atoms with Gasteiger partial charge in [0.1, 0.15) is 6.61 Å². The highest BCUT2D eigenvalue weighted by Gasteiger charge is 2.19. The molecule has 1 N–H and O–H groups in total. The summed E-state index contributed by atoms with van der Waals surface area (Å²) < 4.78 is 5.11. The first-order valence-electron chi connectivity index (χ1n) is 7.47. The first kappa shape index (κ1) is 17.9. The summed E-state index contributed by atoms with van der Waals surface area (Å²) in [5, 5.41) is 11.7. The molecule has 0 heterocycles. The van der Waals surface area contributed by atoms with Crippen molar-refractivity contribution in [3.63, 3.8) is 0 Å². The number of para-hydroxylation sites is 1. The van der Waals surface area contributed by atoms with E-state index in [9.17, 15) is 19.7 Å². The van der Waals surface area contributed by atoms with E-state index in [0.717, 1.165) is 5.56 Å². The third kappa shape index (κ3) is 5.03. The maximum atomic E-state index is 12.0. The Morgan fingerprint density at radius 1 is 1.12 bits per heavy atom. The van der Waals surface area contributed by atoms with Crippen molar-refractivity contribution in [3.05, 3.63) is 75.3 Å². The van der Waals surface area contributed by atoms with Crippen LogP contribution in [0, 0.1) is 10.1 Å². The Morgan fingerprint density at radius 2 is 1.84 bits per heavy atom. The number of aryl methyl sites for hydroxylation is 1. The summed E-state index contributed by atoms with van der Waals surface area (Å²) in [6.07, 6.45) is -0.284. The van der Waals surface area contributed by atoms with Gasteiger partial charge in [-0.15, -0.1) is 10.1 Å². The molecule has 0 aliphatic heterocycles. The van der Waals surface area contributed by atoms with Crippen molar-refractivity contribution in [2.24, 2.45) is 0 Å². The Balaban J connectivity index is 2.14. The quantitative estimate of drug-likeness (QED) is 0.636. The number of rotatable bonds is 6. The van der Waals surface area contributed by atoms with Crippen LogP contribution in [0.4, 0.5) is 10.5 Å². The lowest BCUT2D eigenvalue weighted by molar-refractivity contribution is -0.727. The molecule has 0 aliphatic carbocycles. The van der Waals surface area contributed by atoms with E-state index in [1.165, 1.54) is 6.07 Å². The van der Waals surface area contributed by atoms with Gasteiger partial charge in [0.15, 0.2) is 0 Å². The predicted octanol–water partition coefficient (Wildman–Crippen LogP) is 3.35. The summed E-state index contributed by atoms with van der Waals surface area (Å²) in [7, 11) is 0. The number of benzene rings is 2. The Hall–Kier alpha value is -3.42. The molecule has 8 nitrogen and oxygen atoms in total. The smallest absolute Gasteiger partial charge is 0.411 e. The van der Waals surface area contributed by atoms with Gasteiger partial charge in [-0.2, -0.15) is 0 Å². The van der Waals surface area contributed by atoms with Crippen molar-refractivity contribution in [2.45, 2.75) is 20.0 Å². The number of ether oxygens (including phenoxy) is 1. The second-order valence-electron chi connectivity index (χ2n) is 4.98. The maximum absolute atomic E-state index is 12.0. The lowest BCUT2D eigenvalue weighted by atomic mass is 10.1. The molecule has 0 fully saturated rings. The van der Waals surface area contributed by atoms with Gasteiger partial charge in [-0.1, -0.05) is 49.4 Å². The second kappa shape index (κ2) is 8.44. The molecule has 2 aromatic carbocycles. The van der Waals surface area contributed by atoms with E-state index in [0.29, 0.717) is 12.0 Å². The Bertz CT molecular complexity index is 776. The van der Waals surface area contributed by atoms with E-state index in [4.69, 9.17) is 4.74 Å². The van der Waals surface area contributed by atoms with E-state index in [-0.39, 0.29) is 17.9 Å². The first-order valence-corrected chi connectivity index (χ1v) is 7.47. The molecule has 0 saturated carbocycles. The minimum atomic E-state index is -1.20. The molecule has 25 heavy (non-hydrogen) atoms. The summed E-state index contributed by atoms with van der Waals surface area (Å²) in [4.78, 5) is 38.2. The van der Waals surface area contributed by atoms with Crippen molar-refractivity contribution >= 4 is 17.7 Å². The zero-order valence-electron chi connectivity index (χ0n) is 13.4. The summed E-state index contributed by atoms with van der Waals surface area (Å²) >= 11 is 0. The molecule has 2 aromatic rings. The Labute approximate surface area is 143 Å². The van der Waals surface area contributed by atoms with Gasteiger partial charge in [-0.3, -0.25) is 10.1 Å². The number of anilines is 1. The average Bonchev–Trinajstić information content (AvgIpc) is 2.60. The molecule has 0 saturated heterocycles. The van der Waals surface area contributed by atoms with Gasteiger partial charge >= 0.3 is 17.1 Å². The first-order chi connectivity index (χ1) is 12.0. The summed E-state index contributed by atoms with van der Waals surface area (Å²) in [6.45, 7) is 1.87. The van der Waals surface area contributed by atoms with Crippen LogP contribution in [0.3, 0.4) is 0 Å². The van der Waals surface area contributed by atoms with Crippen LogP contribution in [-0.4, -0.2) is 17.1 Å². The highest BCUT2D eigenvalue weighted by atomic mass is 17.0. The fourth-order valence-corrected chi connectivity index (χ4v) is 2.19. The topological polar surface area (TPSA) is 108 Å². The van der Waals surface area contributed by atoms with Crippen molar-refractivity contribution < 1.29 is 24.3 Å². The van der Waals surface area contributed by atoms with Gasteiger partial charge < -0.3 is 4.74 Å². The number of nitrogens with one attached hydrogen (secondary N) is 1. The van der Waals surface area contributed by atoms with E-state index in [2.05, 4.69) is 10.2 Å². The van der Waals surface area contributed by atoms with Crippen molar-refractivity contribution in [2.75, 3.05) is 5.32 Å². The molecule has 8 heteroatoms. The van der Waals surface area contributed by atoms with Crippen molar-refractivity contribution in [3.8, 4) is 0 Å². The Kier molecular flexibility index (Phi) is 6.05. The van der Waals surface area contributed by atoms with Crippen molar-refractivity contribution in [1.29, 1.82) is 0 Å². The molecule has 0 aliphatic rings. The number of hydrogen-bond acceptors (Lipinski definition) is 6. The van der Waals surface area contributed by atoms with Gasteiger partial charge in [0.2, 0.25) is 0 Å². The number of hydrogen-bond donors (Lipinski definition) is 1. The van der Waals surface area contributed by atoms with Gasteiger partial charge in [0, 0.05) is 0 Å². The lowest BCUT2D eigenvalue weighted by Crippen LogP contribution is -2.19. The van der Waals surface area contributed by atoms with Crippen LogP contribution in [0.15, 0.2) is 48.5 Å². The summed E-state index contributed by atoms with van der Waals surface area (Å²) in [5.41, 5.74) is 1.44. The number of nitrogens with zero attached hydrogens (tertiary/aromatic N) is 1. The molecule has 2 rings (SSSR count). The summed E-state index contributed by atoms with van der Waals surface area (Å²) in [6, 6.07) is 13.6. The number of carbonyl (C=O) groups excluding carboxylic acids is 2. The van der Waals surface area contributed by atoms with Crippen LogP contribution in [0.5, 0.6) is 0 Å². The molecule has 130 valence electrons. The molecule has 0 radical (unpaired) electrons. The summed E-state index contributed by atoms with van der Waals surface area (Å²) in [5.74, 6) is -1.17. The maximum Gasteiger partial charge on any atom is 0.411 e. The van der Waals surface area contributed by atoms with Gasteiger partial charge in [0.05, 0.1) is 11.3 Å². The van der Waals surface area contributed by atoms with Crippen LogP contribution in [0.2, 0.25) is 0 Å². The minimum absolute atomic E-state index is 0.0512. The molecule has 0 aromatic heterocycles. The predicted molar refractivity (Wildman–Crippen MR) is 88.5 cm³/mol. The monoisotopic (exact) mass is 344 g/mol. The molecular formula is C17H16N2O6. The molecule has 1 amide bonds. The number of carbonyl (C=O) groups is 2. The average molecular weight is 344 g/mol. The van der Waals surface area contributed by atoms with Crippen LogP contribution < -0.4 is 5.32 Å². The normalized spacial score (nSPS) is 9.96. The third-order valence-electron chi connectivity index (χ3n) is 3.35. The van der Waals surface area contributed by atoms with Crippen LogP contribution in [0.1, 0.15) is 28.4 Å². The van der Waals surface area contributed by atoms with Gasteiger partial charge in [-0.05, 0) is 23.6 Å². The SMILES string of the molecule is CCc1cccc(C(=O)O[N+](=O)[O-])c1NC(=O)OCc1ccccc1. The van der Waals surface area contributed by atoms with Crippen LogP contribution in [-0.2, 0) is 22.6 Å². The zero-order valence-corrected chi connectivity index (χ0v) is 13.4. The van der Waals surface area contributed by atoms with E-state index in [1.807, 2.05) is 25.1 Å². The van der Waals surface area contributed by atoms with E-state index >= 15 is 0 Å². The molecule has 0 bridgehead atoms. The fourth-order valence-electron chi connectivity index (χ4n) is 2.19. The Morgan fingerprint density at radius 3 is 2.48 bits per heavy atom. The molecule has 0 atom stereocenters. The molecule has 0 spiro atoms.